The summed E-state index contributed by atoms with van der Waals surface area (Å²) in [5.41, 5.74) is 1.50. The average Bonchev–Trinajstić information content (AvgIpc) is 3.40. The number of hydrogen-bond acceptors (Lipinski definition) is 6. The van der Waals surface area contributed by atoms with Crippen LogP contribution in [0.1, 0.15) is 19.3 Å². The number of fused-ring (bicyclic) bond motifs is 1. The molecule has 1 aliphatic rings. The summed E-state index contributed by atoms with van der Waals surface area (Å²) in [5, 5.41) is 2.56. The number of para-hydroxylation sites is 2. The normalized spacial score (nSPS) is 16.6. The van der Waals surface area contributed by atoms with Crippen molar-refractivity contribution in [1.82, 2.24) is 15.0 Å². The molecule has 0 radical (unpaired) electrons. The van der Waals surface area contributed by atoms with E-state index in [2.05, 4.69) is 15.0 Å². The molecule has 0 bridgehead atoms. The molecule has 11 heteroatoms. The molecule has 1 saturated heterocycles. The number of carbonyl (C=O) groups is 1. The molecule has 0 spiro atoms. The summed E-state index contributed by atoms with van der Waals surface area (Å²) in [6.45, 7) is 1.09. The number of rotatable bonds is 8. The Hall–Kier alpha value is -2.69. The van der Waals surface area contributed by atoms with Crippen molar-refractivity contribution in [2.45, 2.75) is 30.2 Å². The van der Waals surface area contributed by atoms with Crippen LogP contribution in [-0.2, 0) is 14.8 Å². The van der Waals surface area contributed by atoms with Crippen LogP contribution in [0.5, 0.6) is 0 Å². The van der Waals surface area contributed by atoms with E-state index in [0.717, 1.165) is 43.1 Å². The first kappa shape index (κ1) is 22.5. The van der Waals surface area contributed by atoms with Gasteiger partial charge in [0.05, 0.1) is 16.0 Å². The fraction of sp³-hybridized carbons (Fsp3) is 0.333. The minimum Gasteiger partial charge on any atom is -0.423 e. The Morgan fingerprint density at radius 3 is 2.88 bits per heavy atom. The monoisotopic (exact) mass is 480 g/mol. The zero-order chi connectivity index (χ0) is 22.7. The summed E-state index contributed by atoms with van der Waals surface area (Å²) >= 11 is 5.64. The highest BCUT2D eigenvalue weighted by Gasteiger charge is 2.28. The van der Waals surface area contributed by atoms with Gasteiger partial charge in [0.15, 0.2) is 5.58 Å². The van der Waals surface area contributed by atoms with Gasteiger partial charge in [0, 0.05) is 26.1 Å². The first-order chi connectivity index (χ1) is 15.3. The number of aromatic nitrogens is 1. The van der Waals surface area contributed by atoms with Gasteiger partial charge < -0.3 is 14.6 Å². The molecule has 8 nitrogen and oxygen atoms in total. The van der Waals surface area contributed by atoms with Gasteiger partial charge in [0.2, 0.25) is 15.9 Å². The van der Waals surface area contributed by atoms with Crippen LogP contribution in [0.2, 0.25) is 5.02 Å². The van der Waals surface area contributed by atoms with Gasteiger partial charge in [-0.05, 0) is 43.2 Å². The summed E-state index contributed by atoms with van der Waals surface area (Å²) in [6, 6.07) is 11.2. The molecule has 4 rings (SSSR count). The van der Waals surface area contributed by atoms with Crippen LogP contribution in [0.4, 0.5) is 10.4 Å². The average molecular weight is 481 g/mol. The van der Waals surface area contributed by atoms with E-state index in [1.807, 2.05) is 29.2 Å². The summed E-state index contributed by atoms with van der Waals surface area (Å²) in [4.78, 5) is 18.6. The van der Waals surface area contributed by atoms with Crippen LogP contribution in [0.15, 0.2) is 51.8 Å². The van der Waals surface area contributed by atoms with Gasteiger partial charge in [-0.25, -0.2) is 17.5 Å². The van der Waals surface area contributed by atoms with Crippen molar-refractivity contribution < 1.29 is 22.0 Å². The molecule has 1 aliphatic heterocycles. The largest absolute Gasteiger partial charge is 0.423 e. The number of sulfonamides is 1. The first-order valence-corrected chi connectivity index (χ1v) is 12.0. The molecule has 1 unspecified atom stereocenters. The zero-order valence-corrected chi connectivity index (χ0v) is 18.6. The van der Waals surface area contributed by atoms with Crippen LogP contribution < -0.4 is 14.9 Å². The SMILES string of the molecule is O=C(CCNS(=O)(=O)c1ccc(F)c(Cl)c1)NCC1CCCN1c1nc2ccccc2o1. The number of oxazole rings is 1. The van der Waals surface area contributed by atoms with Crippen molar-refractivity contribution in [2.75, 3.05) is 24.5 Å². The zero-order valence-electron chi connectivity index (χ0n) is 17.1. The quantitative estimate of drug-likeness (QED) is 0.513. The number of nitrogens with one attached hydrogen (secondary N) is 2. The highest BCUT2D eigenvalue weighted by molar-refractivity contribution is 7.89. The second kappa shape index (κ2) is 9.43. The van der Waals surface area contributed by atoms with E-state index in [1.165, 1.54) is 0 Å². The Labute approximate surface area is 189 Å². The summed E-state index contributed by atoms with van der Waals surface area (Å²) in [6.07, 6.45) is 1.81. The number of benzene rings is 2. The minimum atomic E-state index is -3.89. The van der Waals surface area contributed by atoms with Crippen LogP contribution in [0.3, 0.4) is 0 Å². The van der Waals surface area contributed by atoms with Crippen LogP contribution in [-0.4, -0.2) is 45.0 Å². The summed E-state index contributed by atoms with van der Waals surface area (Å²) < 4.78 is 45.9. The fourth-order valence-electron chi connectivity index (χ4n) is 3.63. The van der Waals surface area contributed by atoms with Crippen LogP contribution >= 0.6 is 11.6 Å². The molecule has 0 aliphatic carbocycles. The lowest BCUT2D eigenvalue weighted by Crippen LogP contribution is -2.41. The maximum Gasteiger partial charge on any atom is 0.298 e. The predicted octanol–water partition coefficient (Wildman–Crippen LogP) is 3.07. The second-order valence-corrected chi connectivity index (χ2v) is 9.66. The number of nitrogens with zero attached hydrogens (tertiary/aromatic N) is 2. The van der Waals surface area contributed by atoms with E-state index in [0.29, 0.717) is 18.1 Å². The molecule has 3 aromatic rings. The van der Waals surface area contributed by atoms with Gasteiger partial charge >= 0.3 is 0 Å². The minimum absolute atomic E-state index is 0.0379. The Morgan fingerprint density at radius 1 is 1.28 bits per heavy atom. The predicted molar refractivity (Wildman–Crippen MR) is 119 cm³/mol. The van der Waals surface area contributed by atoms with Crippen molar-refractivity contribution in [3.8, 4) is 0 Å². The van der Waals surface area contributed by atoms with Crippen LogP contribution in [0, 0.1) is 5.82 Å². The second-order valence-electron chi connectivity index (χ2n) is 7.48. The van der Waals surface area contributed by atoms with Gasteiger partial charge in [-0.3, -0.25) is 4.79 Å². The molecule has 2 N–H and O–H groups in total. The first-order valence-electron chi connectivity index (χ1n) is 10.2. The molecule has 0 saturated carbocycles. The molecule has 1 fully saturated rings. The highest BCUT2D eigenvalue weighted by atomic mass is 35.5. The lowest BCUT2D eigenvalue weighted by molar-refractivity contribution is -0.120. The van der Waals surface area contributed by atoms with Gasteiger partial charge in [0.1, 0.15) is 11.3 Å². The number of hydrogen-bond donors (Lipinski definition) is 2. The Morgan fingerprint density at radius 2 is 2.09 bits per heavy atom. The van der Waals surface area contributed by atoms with E-state index in [9.17, 15) is 17.6 Å². The topological polar surface area (TPSA) is 105 Å². The number of anilines is 1. The molecule has 1 aromatic heterocycles. The van der Waals surface area contributed by atoms with Gasteiger partial charge in [-0.15, -0.1) is 0 Å². The van der Waals surface area contributed by atoms with Crippen molar-refractivity contribution in [1.29, 1.82) is 0 Å². The fourth-order valence-corrected chi connectivity index (χ4v) is 4.93. The van der Waals surface area contributed by atoms with Gasteiger partial charge in [-0.1, -0.05) is 23.7 Å². The molecular weight excluding hydrogens is 459 g/mol. The Balaban J connectivity index is 1.27. The van der Waals surface area contributed by atoms with Gasteiger partial charge in [-0.2, -0.15) is 4.98 Å². The van der Waals surface area contributed by atoms with Crippen molar-refractivity contribution >= 4 is 44.6 Å². The molecule has 170 valence electrons. The van der Waals surface area contributed by atoms with E-state index in [1.54, 1.807) is 0 Å². The number of carbonyl (C=O) groups excluding carboxylic acids is 1. The maximum atomic E-state index is 13.2. The van der Waals surface area contributed by atoms with E-state index < -0.39 is 15.8 Å². The lowest BCUT2D eigenvalue weighted by atomic mass is 10.2. The molecule has 1 atom stereocenters. The highest BCUT2D eigenvalue weighted by Crippen LogP contribution is 2.28. The molecular formula is C21H22ClFN4O4S. The molecule has 1 amide bonds. The van der Waals surface area contributed by atoms with Crippen molar-refractivity contribution in [2.24, 2.45) is 0 Å². The van der Waals surface area contributed by atoms with E-state index in [4.69, 9.17) is 16.0 Å². The van der Waals surface area contributed by atoms with Crippen LogP contribution in [0.25, 0.3) is 11.1 Å². The number of amides is 1. The third kappa shape index (κ3) is 5.03. The Kier molecular flexibility index (Phi) is 6.63. The third-order valence-corrected chi connectivity index (χ3v) is 7.03. The maximum absolute atomic E-state index is 13.2. The summed E-state index contributed by atoms with van der Waals surface area (Å²) in [5.74, 6) is -0.988. The smallest absolute Gasteiger partial charge is 0.298 e. The molecule has 32 heavy (non-hydrogen) atoms. The molecule has 2 aromatic carbocycles. The lowest BCUT2D eigenvalue weighted by Gasteiger charge is -2.23. The number of halogens is 2. The van der Waals surface area contributed by atoms with E-state index >= 15 is 0 Å². The Bertz CT molecular complexity index is 1200. The van der Waals surface area contributed by atoms with E-state index in [-0.39, 0.29) is 34.8 Å². The van der Waals surface area contributed by atoms with Gasteiger partial charge in [0.25, 0.3) is 6.01 Å². The standard InChI is InChI=1S/C21H22ClFN4O4S/c22-16-12-15(7-8-17(16)23)32(29,30)25-10-9-20(28)24-13-14-4-3-11-27(14)21-26-18-5-1-2-6-19(18)31-21/h1-2,5-8,12,14,25H,3-4,9-11,13H2,(H,24,28). The van der Waals surface area contributed by atoms with Crippen molar-refractivity contribution in [3.05, 3.63) is 53.3 Å². The third-order valence-electron chi connectivity index (χ3n) is 5.29. The summed E-state index contributed by atoms with van der Waals surface area (Å²) in [7, 11) is -3.89. The molecule has 2 heterocycles. The van der Waals surface area contributed by atoms with Crippen molar-refractivity contribution in [3.63, 3.8) is 0 Å².